The highest BCUT2D eigenvalue weighted by Crippen LogP contribution is 2.21. The number of nitrogens with one attached hydrogen (secondary N) is 7. The highest BCUT2D eigenvalue weighted by Gasteiger charge is 2.40. The topological polar surface area (TPSA) is 401 Å². The molecular weight excluding hydrogens is 945 g/mol. The first-order valence-electron chi connectivity index (χ1n) is 24.6. The van der Waals surface area contributed by atoms with Crippen molar-refractivity contribution in [1.29, 1.82) is 0 Å². The fourth-order valence-corrected chi connectivity index (χ4v) is 8.54. The predicted molar refractivity (Wildman–Crippen MR) is 268 cm³/mol. The Morgan fingerprint density at radius 2 is 1.18 bits per heavy atom. The summed E-state index contributed by atoms with van der Waals surface area (Å²) in [7, 11) is 0. The molecule has 24 heteroatoms. The minimum absolute atomic E-state index is 0.0320. The van der Waals surface area contributed by atoms with Crippen LogP contribution in [-0.2, 0) is 60.8 Å². The van der Waals surface area contributed by atoms with Crippen LogP contribution in [0.15, 0.2) is 65.7 Å². The Morgan fingerprint density at radius 1 is 0.658 bits per heavy atom. The first-order chi connectivity index (χ1) is 34.8. The van der Waals surface area contributed by atoms with E-state index in [2.05, 4.69) is 42.2 Å². The van der Waals surface area contributed by atoms with Gasteiger partial charge in [0, 0.05) is 32.4 Å². The zero-order chi connectivity index (χ0) is 53.6. The first kappa shape index (κ1) is 57.9. The second-order valence-corrected chi connectivity index (χ2v) is 18.7. The standard InChI is InChI=1S/C49H72N14O10/c1-28(2)24-35(60-46(71)37(26-30-14-7-4-8-15-30)61-43(68)32-19-20-40(65)56-32)44(69)62-36(25-29-12-5-3-6-13-29)45(70)58-33(16-9-21-50)48(73)63-23-11-18-38(63)47(72)57-31(17-10-22-55-49(53)54)42(67)59-34(41(52)66)27-39(51)64/h3-8,12-15,28,31-38H,9-11,16-27,50H2,1-2H3,(H2,51,64)(H2,52,66)(H,56,65)(H,57,72)(H,58,70)(H,59,67)(H,60,71)(H,61,68)(H,62,69)(H4,53,54,55)/t31-,32-,33-,34-,35-,36-,37-,38-/m0/s1. The average molecular weight is 1020 g/mol. The van der Waals surface area contributed by atoms with Crippen molar-refractivity contribution in [2.75, 3.05) is 19.6 Å². The van der Waals surface area contributed by atoms with Gasteiger partial charge in [0.2, 0.25) is 59.1 Å². The van der Waals surface area contributed by atoms with E-state index in [0.717, 1.165) is 5.56 Å². The Bertz CT molecular complexity index is 2280. The lowest BCUT2D eigenvalue weighted by atomic mass is 9.99. The van der Waals surface area contributed by atoms with E-state index in [1.165, 1.54) is 4.90 Å². The van der Waals surface area contributed by atoms with Gasteiger partial charge in [0.1, 0.15) is 48.3 Å². The number of guanidine groups is 1. The zero-order valence-corrected chi connectivity index (χ0v) is 41.4. The van der Waals surface area contributed by atoms with Crippen LogP contribution in [-0.4, -0.2) is 138 Å². The lowest BCUT2D eigenvalue weighted by Crippen LogP contribution is -2.60. The van der Waals surface area contributed by atoms with Crippen molar-refractivity contribution in [3.8, 4) is 0 Å². The number of carbonyl (C=O) groups excluding carboxylic acids is 10. The summed E-state index contributed by atoms with van der Waals surface area (Å²) in [5, 5.41) is 18.8. The quantitative estimate of drug-likeness (QED) is 0.0218. The maximum absolute atomic E-state index is 14.5. The molecule has 2 saturated heterocycles. The van der Waals surface area contributed by atoms with Gasteiger partial charge in [-0.15, -0.1) is 0 Å². The van der Waals surface area contributed by atoms with Crippen LogP contribution in [0.4, 0.5) is 0 Å². The van der Waals surface area contributed by atoms with E-state index >= 15 is 0 Å². The molecule has 2 aromatic carbocycles. The number of benzene rings is 2. The third-order valence-electron chi connectivity index (χ3n) is 12.3. The number of carbonyl (C=O) groups is 10. The Morgan fingerprint density at radius 3 is 1.71 bits per heavy atom. The molecule has 2 aliphatic rings. The number of nitrogens with zero attached hydrogens (tertiary/aromatic N) is 2. The van der Waals surface area contributed by atoms with Crippen LogP contribution in [0.1, 0.15) is 89.2 Å². The van der Waals surface area contributed by atoms with Crippen LogP contribution in [0.3, 0.4) is 0 Å². The molecule has 8 atom stereocenters. The van der Waals surface area contributed by atoms with Gasteiger partial charge in [-0.25, -0.2) is 0 Å². The SMILES string of the molecule is CC(C)C[C@H](NC(=O)[C@H](Cc1ccccc1)NC(=O)[C@@H]1CCC(=O)N1)C(=O)N[C@@H](Cc1ccccc1)C(=O)N[C@@H](CCCN)C(=O)N1CCC[C@H]1C(=O)N[C@@H](CCCN=C(N)N)C(=O)N[C@@H](CC(N)=O)C(N)=O. The Hall–Kier alpha value is -7.63. The van der Waals surface area contributed by atoms with E-state index in [-0.39, 0.29) is 102 Å². The number of primary amides is 2. The first-order valence-corrected chi connectivity index (χ1v) is 24.6. The molecule has 0 bridgehead atoms. The molecule has 17 N–H and O–H groups in total. The van der Waals surface area contributed by atoms with E-state index < -0.39 is 108 Å². The minimum atomic E-state index is -1.47. The van der Waals surface area contributed by atoms with Gasteiger partial charge in [-0.05, 0) is 75.0 Å². The number of nitrogens with two attached hydrogens (primary N) is 5. The second kappa shape index (κ2) is 29.0. The van der Waals surface area contributed by atoms with Crippen molar-refractivity contribution in [1.82, 2.24) is 42.1 Å². The molecule has 0 spiro atoms. The minimum Gasteiger partial charge on any atom is -0.370 e. The highest BCUT2D eigenvalue weighted by atomic mass is 16.2. The van der Waals surface area contributed by atoms with Crippen LogP contribution >= 0.6 is 0 Å². The van der Waals surface area contributed by atoms with Crippen LogP contribution in [0, 0.1) is 5.92 Å². The second-order valence-electron chi connectivity index (χ2n) is 18.7. The van der Waals surface area contributed by atoms with E-state index in [4.69, 9.17) is 28.7 Å². The van der Waals surface area contributed by atoms with Crippen molar-refractivity contribution in [3.05, 3.63) is 71.8 Å². The third kappa shape index (κ3) is 19.1. The van der Waals surface area contributed by atoms with Gasteiger partial charge in [-0.2, -0.15) is 0 Å². The lowest BCUT2D eigenvalue weighted by Gasteiger charge is -2.31. The molecule has 2 aliphatic heterocycles. The molecule has 0 unspecified atom stereocenters. The molecular formula is C49H72N14O10. The molecule has 2 heterocycles. The fourth-order valence-electron chi connectivity index (χ4n) is 8.54. The van der Waals surface area contributed by atoms with E-state index in [0.29, 0.717) is 12.0 Å². The number of hydrogen-bond acceptors (Lipinski definition) is 12. The summed E-state index contributed by atoms with van der Waals surface area (Å²) in [4.78, 5) is 139. The van der Waals surface area contributed by atoms with Crippen LogP contribution < -0.4 is 65.9 Å². The highest BCUT2D eigenvalue weighted by molar-refractivity contribution is 5.99. The van der Waals surface area contributed by atoms with Gasteiger partial charge < -0.3 is 70.8 Å². The lowest BCUT2D eigenvalue weighted by molar-refractivity contribution is -0.142. The smallest absolute Gasteiger partial charge is 0.245 e. The molecule has 2 aromatic rings. The molecule has 0 radical (unpaired) electrons. The van der Waals surface area contributed by atoms with Gasteiger partial charge >= 0.3 is 0 Å². The number of amides is 10. The molecule has 4 rings (SSSR count). The Labute approximate surface area is 424 Å². The third-order valence-corrected chi connectivity index (χ3v) is 12.3. The maximum Gasteiger partial charge on any atom is 0.245 e. The molecule has 0 saturated carbocycles. The molecule has 0 aliphatic carbocycles. The van der Waals surface area contributed by atoms with Crippen molar-refractivity contribution in [2.24, 2.45) is 39.6 Å². The molecule has 2 fully saturated rings. The van der Waals surface area contributed by atoms with Crippen molar-refractivity contribution in [3.63, 3.8) is 0 Å². The summed E-state index contributed by atoms with van der Waals surface area (Å²) in [6, 6.07) is 8.18. The van der Waals surface area contributed by atoms with Gasteiger partial charge in [-0.3, -0.25) is 52.9 Å². The number of rotatable bonds is 29. The summed E-state index contributed by atoms with van der Waals surface area (Å²) in [6.07, 6.45) is 1.05. The average Bonchev–Trinajstić information content (AvgIpc) is 4.03. The molecule has 10 amide bonds. The molecule has 73 heavy (non-hydrogen) atoms. The van der Waals surface area contributed by atoms with Gasteiger partial charge in [0.25, 0.3) is 0 Å². The molecule has 398 valence electrons. The summed E-state index contributed by atoms with van der Waals surface area (Å²) < 4.78 is 0. The molecule has 0 aromatic heterocycles. The van der Waals surface area contributed by atoms with Crippen LogP contribution in [0.2, 0.25) is 0 Å². The normalized spacial score (nSPS) is 17.6. The monoisotopic (exact) mass is 1020 g/mol. The van der Waals surface area contributed by atoms with E-state index in [1.54, 1.807) is 60.7 Å². The number of likely N-dealkylation sites (tertiary alicyclic amines) is 1. The summed E-state index contributed by atoms with van der Waals surface area (Å²) in [6.45, 7) is 4.03. The summed E-state index contributed by atoms with van der Waals surface area (Å²) >= 11 is 0. The fraction of sp³-hybridized carbons (Fsp3) is 0.531. The Kier molecular flexibility index (Phi) is 23.0. The van der Waals surface area contributed by atoms with Gasteiger partial charge in [-0.1, -0.05) is 74.5 Å². The van der Waals surface area contributed by atoms with Crippen molar-refractivity contribution in [2.45, 2.75) is 139 Å². The van der Waals surface area contributed by atoms with Crippen LogP contribution in [0.25, 0.3) is 0 Å². The van der Waals surface area contributed by atoms with Gasteiger partial charge in [0.15, 0.2) is 5.96 Å². The summed E-state index contributed by atoms with van der Waals surface area (Å²) in [5.41, 5.74) is 28.8. The van der Waals surface area contributed by atoms with E-state index in [1.807, 2.05) is 13.8 Å². The van der Waals surface area contributed by atoms with Crippen molar-refractivity contribution >= 4 is 65.0 Å². The molecule has 24 nitrogen and oxygen atoms in total. The van der Waals surface area contributed by atoms with Crippen molar-refractivity contribution < 1.29 is 47.9 Å². The maximum atomic E-state index is 14.5. The predicted octanol–water partition coefficient (Wildman–Crippen LogP) is -3.15. The van der Waals surface area contributed by atoms with Gasteiger partial charge in [0.05, 0.1) is 6.42 Å². The zero-order valence-electron chi connectivity index (χ0n) is 41.4. The summed E-state index contributed by atoms with van der Waals surface area (Å²) in [5.74, 6) is -7.43. The van der Waals surface area contributed by atoms with Crippen LogP contribution in [0.5, 0.6) is 0 Å². The van der Waals surface area contributed by atoms with E-state index in [9.17, 15) is 47.9 Å². The number of aliphatic imine (C=N–C) groups is 1. The number of hydrogen-bond donors (Lipinski definition) is 12. The largest absolute Gasteiger partial charge is 0.370 e. The Balaban J connectivity index is 1.57.